The van der Waals surface area contributed by atoms with E-state index in [9.17, 15) is 48.0 Å². The van der Waals surface area contributed by atoms with Gasteiger partial charge in [-0.25, -0.2) is 9.11 Å². The second-order valence-corrected chi connectivity index (χ2v) is 9.50. The Kier molecular flexibility index (Phi) is 19.9. The number of aliphatic hydroxyl groups excluding tert-OH is 1. The molecule has 160 valence electrons. The van der Waals surface area contributed by atoms with Crippen molar-refractivity contribution in [2.45, 2.75) is 24.9 Å². The van der Waals surface area contributed by atoms with Crippen molar-refractivity contribution < 1.29 is 174 Å². The van der Waals surface area contributed by atoms with Gasteiger partial charge >= 0.3 is 124 Å². The Hall–Kier alpha value is 3.01. The fourth-order valence-corrected chi connectivity index (χ4v) is 5.00. The van der Waals surface area contributed by atoms with Gasteiger partial charge in [0.2, 0.25) is 0 Å². The van der Waals surface area contributed by atoms with Gasteiger partial charge in [-0.05, 0) is 0 Å². The van der Waals surface area contributed by atoms with Crippen LogP contribution in [0.1, 0.15) is 12.6 Å². The van der Waals surface area contributed by atoms with Crippen molar-refractivity contribution >= 4 is 23.5 Å². The Morgan fingerprint density at radius 3 is 2.12 bits per heavy atom. The number of aliphatic hydroxyl groups is 1. The molecule has 32 heavy (non-hydrogen) atoms. The van der Waals surface area contributed by atoms with Crippen molar-refractivity contribution in [3.05, 3.63) is 33.1 Å². The molecule has 5 atom stereocenters. The first-order valence-corrected chi connectivity index (χ1v) is 11.4. The molecule has 0 amide bonds. The van der Waals surface area contributed by atoms with Crippen molar-refractivity contribution in [3.8, 4) is 0 Å². The van der Waals surface area contributed by atoms with Gasteiger partial charge in [0.25, 0.3) is 21.2 Å². The summed E-state index contributed by atoms with van der Waals surface area (Å²) in [6, 6.07) is 0.997. The summed E-state index contributed by atoms with van der Waals surface area (Å²) < 4.78 is 49.4. The van der Waals surface area contributed by atoms with Crippen molar-refractivity contribution in [3.63, 3.8) is 0 Å². The summed E-state index contributed by atoms with van der Waals surface area (Å²) >= 11 is 0. The van der Waals surface area contributed by atoms with Gasteiger partial charge in [-0.3, -0.25) is 27.8 Å². The quantitative estimate of drug-likeness (QED) is 0.223. The van der Waals surface area contributed by atoms with Crippen LogP contribution >= 0.6 is 23.5 Å². The largest absolute Gasteiger partial charge is 1.00 e. The maximum absolute atomic E-state index is 11.7. The fraction of sp³-hybridized carbons (Fsp3) is 0.556. The Labute approximate surface area is 268 Å². The number of hydrogen-bond acceptors (Lipinski definition) is 14. The van der Waals surface area contributed by atoms with E-state index in [1.165, 1.54) is 0 Å². The molecule has 0 radical (unpaired) electrons. The normalized spacial score (nSPS) is 23.8. The van der Waals surface area contributed by atoms with Gasteiger partial charge in [-0.15, -0.1) is 0 Å². The van der Waals surface area contributed by atoms with Crippen LogP contribution in [0.5, 0.6) is 0 Å². The summed E-state index contributed by atoms with van der Waals surface area (Å²) in [6.45, 7) is -0.997. The van der Waals surface area contributed by atoms with Crippen LogP contribution in [-0.2, 0) is 31.6 Å². The average molecular weight is 556 g/mol. The van der Waals surface area contributed by atoms with Gasteiger partial charge in [0.1, 0.15) is 12.3 Å². The predicted molar refractivity (Wildman–Crippen MR) is 76.8 cm³/mol. The molecule has 1 fully saturated rings. The number of phosphoric ester groups is 1. The van der Waals surface area contributed by atoms with Crippen molar-refractivity contribution in [2.75, 3.05) is 6.61 Å². The first-order chi connectivity index (χ1) is 12.7. The molecule has 2 unspecified atom stereocenters. The monoisotopic (exact) mass is 556 g/mol. The molecule has 0 aromatic carbocycles. The van der Waals surface area contributed by atoms with Gasteiger partial charge in [0, 0.05) is 18.7 Å². The van der Waals surface area contributed by atoms with Crippen molar-refractivity contribution in [2.24, 2.45) is 0 Å². The van der Waals surface area contributed by atoms with E-state index in [1.54, 1.807) is 0 Å². The van der Waals surface area contributed by atoms with Gasteiger partial charge in [-0.2, -0.15) is 0 Å². The molecule has 0 aliphatic carbocycles. The number of ether oxygens (including phenoxy) is 1. The molecule has 23 heteroatoms. The Balaban J connectivity index is -0.00000210. The number of aromatic nitrogens is 2. The van der Waals surface area contributed by atoms with E-state index in [0.29, 0.717) is 0 Å². The van der Waals surface area contributed by atoms with Crippen LogP contribution in [0.2, 0.25) is 0 Å². The molecular formula is C9H11N2Na4O14P3. The smallest absolute Gasteiger partial charge is 0.790 e. The van der Waals surface area contributed by atoms with E-state index in [1.807, 2.05) is 4.98 Å². The average Bonchev–Trinajstić information content (AvgIpc) is 2.82. The van der Waals surface area contributed by atoms with Gasteiger partial charge in [0.15, 0.2) is 0 Å². The van der Waals surface area contributed by atoms with Crippen LogP contribution < -0.4 is 149 Å². The Morgan fingerprint density at radius 1 is 1.06 bits per heavy atom. The summed E-state index contributed by atoms with van der Waals surface area (Å²) in [4.78, 5) is 67.6. The molecule has 1 aliphatic rings. The van der Waals surface area contributed by atoms with Crippen LogP contribution in [0, 0.1) is 0 Å². The molecule has 1 aliphatic heterocycles. The summed E-state index contributed by atoms with van der Waals surface area (Å²) in [5, 5.41) is 9.86. The number of hydrogen-bond donors (Lipinski definition) is 2. The maximum Gasteiger partial charge on any atom is 1.00 e. The molecule has 0 saturated carbocycles. The SMILES string of the molecule is O=c1ccn([C@H]2C[C@H](O)[C@@H](COP(=O)([O-])OP(=O)([O-])OP(=O)([O-])[O-])O2)c(=O)[nH]1.[Na+].[Na+].[Na+].[Na+]. The minimum Gasteiger partial charge on any atom is -0.790 e. The third kappa shape index (κ3) is 13.5. The zero-order valence-electron chi connectivity index (χ0n) is 17.3. The molecule has 1 saturated heterocycles. The van der Waals surface area contributed by atoms with E-state index < -0.39 is 59.8 Å². The standard InChI is InChI=1S/C9H15N2O14P3.4Na/c12-5-3-8(11-2-1-7(13)10-9(11)14)23-6(5)4-22-27(18,19)25-28(20,21)24-26(15,16)17;;;;/h1-2,5-6,8,12H,3-4H2,(H,18,19)(H,20,21)(H,10,13,14)(H2,15,16,17);;;;/q;4*+1/p-4/t5-,6+,8+;;;;/m0..../s1. The minimum atomic E-state index is -6.11. The van der Waals surface area contributed by atoms with Crippen LogP contribution in [0.4, 0.5) is 0 Å². The third-order valence-electron chi connectivity index (χ3n) is 3.16. The summed E-state index contributed by atoms with van der Waals surface area (Å²) in [7, 11) is -18.0. The number of nitrogens with one attached hydrogen (secondary N) is 1. The molecular weight excluding hydrogens is 545 g/mol. The Bertz CT molecular complexity index is 983. The van der Waals surface area contributed by atoms with E-state index in [-0.39, 0.29) is 125 Å². The number of nitrogens with zero attached hydrogens (tertiary/aromatic N) is 1. The van der Waals surface area contributed by atoms with Crippen molar-refractivity contribution in [1.29, 1.82) is 0 Å². The molecule has 1 aromatic heterocycles. The van der Waals surface area contributed by atoms with Crippen LogP contribution in [-0.4, -0.2) is 33.5 Å². The number of H-pyrrole nitrogens is 1. The molecule has 16 nitrogen and oxygen atoms in total. The summed E-state index contributed by atoms with van der Waals surface area (Å²) in [5.74, 6) is 0. The zero-order valence-corrected chi connectivity index (χ0v) is 28.0. The zero-order chi connectivity index (χ0) is 21.3. The fourth-order valence-electron chi connectivity index (χ4n) is 2.14. The van der Waals surface area contributed by atoms with E-state index in [2.05, 4.69) is 13.1 Å². The topological polar surface area (TPSA) is 255 Å². The first-order valence-electron chi connectivity index (χ1n) is 7.04. The minimum absolute atomic E-state index is 0. The van der Waals surface area contributed by atoms with Crippen LogP contribution in [0.25, 0.3) is 0 Å². The summed E-state index contributed by atoms with van der Waals surface area (Å²) in [6.07, 6.45) is -3.02. The van der Waals surface area contributed by atoms with Crippen LogP contribution in [0.3, 0.4) is 0 Å². The first kappa shape index (κ1) is 39.5. The second-order valence-electron chi connectivity index (χ2n) is 5.25. The van der Waals surface area contributed by atoms with Gasteiger partial charge in [0.05, 0.1) is 20.5 Å². The Morgan fingerprint density at radius 2 is 1.62 bits per heavy atom. The predicted octanol–water partition coefficient (Wildman–Crippen LogP) is -16.0. The van der Waals surface area contributed by atoms with E-state index >= 15 is 0 Å². The summed E-state index contributed by atoms with van der Waals surface area (Å²) in [5.41, 5.74) is -1.55. The van der Waals surface area contributed by atoms with Gasteiger partial charge < -0.3 is 38.5 Å². The molecule has 0 spiro atoms. The van der Waals surface area contributed by atoms with Crippen molar-refractivity contribution in [1.82, 2.24) is 9.55 Å². The number of rotatable bonds is 8. The molecule has 1 aromatic rings. The van der Waals surface area contributed by atoms with E-state index in [0.717, 1.165) is 16.8 Å². The molecule has 0 bridgehead atoms. The van der Waals surface area contributed by atoms with Gasteiger partial charge in [-0.1, -0.05) is 0 Å². The molecule has 2 heterocycles. The molecule has 2 rings (SSSR count). The third-order valence-corrected chi connectivity index (χ3v) is 6.83. The van der Waals surface area contributed by atoms with Crippen LogP contribution in [0.15, 0.2) is 21.9 Å². The molecule has 2 N–H and O–H groups in total. The van der Waals surface area contributed by atoms with E-state index in [4.69, 9.17) is 4.74 Å². The second kappa shape index (κ2) is 16.1. The number of aromatic amines is 1. The maximum atomic E-state index is 11.7. The number of phosphoric acid groups is 3.